The van der Waals surface area contributed by atoms with Crippen LogP contribution in [0.3, 0.4) is 0 Å². The van der Waals surface area contributed by atoms with E-state index in [0.29, 0.717) is 10.1 Å². The van der Waals surface area contributed by atoms with Gasteiger partial charge in [-0.15, -0.1) is 0 Å². The Morgan fingerprint density at radius 1 is 0.882 bits per heavy atom. The minimum atomic E-state index is 0. The third-order valence-corrected chi connectivity index (χ3v) is 2.33. The molecule has 7 heteroatoms. The average Bonchev–Trinajstić information content (AvgIpc) is 2.31. The van der Waals surface area contributed by atoms with Gasteiger partial charge in [-0.25, -0.2) is 0 Å². The van der Waals surface area contributed by atoms with E-state index in [1.165, 1.54) is 0 Å². The predicted octanol–water partition coefficient (Wildman–Crippen LogP) is 2.53. The molecule has 88 valence electrons. The molecule has 0 spiro atoms. The first-order chi connectivity index (χ1) is 7.69. The Kier molecular flexibility index (Phi) is 8.38. The molecule has 0 unspecified atom stereocenters. The number of para-hydroxylation sites is 2. The predicted molar refractivity (Wildman–Crippen MR) is 69.2 cm³/mol. The van der Waals surface area contributed by atoms with Crippen LogP contribution in [-0.2, 0) is 44.7 Å². The largest absolute Gasteiger partial charge is 0.760 e. The Morgan fingerprint density at radius 3 is 1.53 bits per heavy atom. The Hall–Kier alpha value is -0.457. The Morgan fingerprint density at radius 2 is 1.24 bits per heavy atom. The van der Waals surface area contributed by atoms with Gasteiger partial charge in [0.1, 0.15) is 0 Å². The fourth-order valence-electron chi connectivity index (χ4n) is 0.968. The van der Waals surface area contributed by atoms with Gasteiger partial charge in [0.15, 0.2) is 0 Å². The van der Waals surface area contributed by atoms with Crippen LogP contribution in [0, 0.1) is 0 Å². The maximum Gasteiger partial charge on any atom is 0.0867 e. The summed E-state index contributed by atoms with van der Waals surface area (Å²) in [5, 5.41) is 0.812. The van der Waals surface area contributed by atoms with Gasteiger partial charge in [0, 0.05) is 19.5 Å². The van der Waals surface area contributed by atoms with E-state index in [-0.39, 0.29) is 32.6 Å². The molecule has 1 aromatic carbocycles. The van der Waals surface area contributed by atoms with E-state index in [9.17, 15) is 0 Å². The zero-order valence-electron chi connectivity index (χ0n) is 9.14. The van der Waals surface area contributed by atoms with Crippen molar-refractivity contribution in [2.45, 2.75) is 10.1 Å². The van der Waals surface area contributed by atoms with Gasteiger partial charge in [0.05, 0.1) is 11.0 Å². The van der Waals surface area contributed by atoms with Crippen LogP contribution < -0.4 is 0 Å². The van der Waals surface area contributed by atoms with E-state index in [0.717, 1.165) is 11.0 Å². The molecule has 0 radical (unpaired) electrons. The molecule has 0 saturated heterocycles. The number of nitrogens with zero attached hydrogens (tertiary/aromatic N) is 2. The van der Waals surface area contributed by atoms with Crippen molar-refractivity contribution in [3.8, 4) is 0 Å². The number of benzene rings is 1. The van der Waals surface area contributed by atoms with Crippen LogP contribution in [0.2, 0.25) is 0 Å². The molecule has 0 amide bonds. The van der Waals surface area contributed by atoms with Gasteiger partial charge in [0.25, 0.3) is 0 Å². The molecule has 1 heterocycles. The van der Waals surface area contributed by atoms with E-state index in [4.69, 9.17) is 36.7 Å². The van der Waals surface area contributed by atoms with Gasteiger partial charge in [-0.3, -0.25) is 9.97 Å². The number of nitrogens with one attached hydrogen (secondary N) is 2. The molecule has 2 aromatic rings. The van der Waals surface area contributed by atoms with Crippen LogP contribution in [-0.4, -0.2) is 23.1 Å². The second-order valence-corrected chi connectivity index (χ2v) is 3.60. The van der Waals surface area contributed by atoms with Gasteiger partial charge < -0.3 is 36.7 Å². The third-order valence-electron chi connectivity index (χ3n) is 1.63. The minimum Gasteiger partial charge on any atom is -0.760 e. The molecule has 0 aliphatic carbocycles. The first kappa shape index (κ1) is 16.5. The summed E-state index contributed by atoms with van der Waals surface area (Å²) in [6, 6.07) is 7.53. The smallest absolute Gasteiger partial charge is 0.0867 e. The first-order valence-corrected chi connectivity index (χ1v) is 5.40. The van der Waals surface area contributed by atoms with Crippen molar-refractivity contribution in [2.75, 3.05) is 13.1 Å². The summed E-state index contributed by atoms with van der Waals surface area (Å²) in [6.07, 6.45) is 0. The molecule has 4 nitrogen and oxygen atoms in total. The van der Waals surface area contributed by atoms with Gasteiger partial charge in [-0.2, -0.15) is 13.1 Å². The Bertz CT molecular complexity index is 425. The molecule has 0 fully saturated rings. The van der Waals surface area contributed by atoms with Crippen molar-refractivity contribution in [2.24, 2.45) is 0 Å². The molecule has 0 atom stereocenters. The summed E-state index contributed by atoms with van der Waals surface area (Å²) in [5.74, 6) is 0. The summed E-state index contributed by atoms with van der Waals surface area (Å²) in [5.41, 5.74) is 14.1. The maximum atomic E-state index is 6.26. The van der Waals surface area contributed by atoms with Crippen LogP contribution in [0.1, 0.15) is 0 Å². The number of aromatic nitrogens is 2. The van der Waals surface area contributed by atoms with Crippen LogP contribution in [0.4, 0.5) is 0 Å². The molecule has 1 aromatic heterocycles. The van der Waals surface area contributed by atoms with Crippen molar-refractivity contribution in [1.29, 1.82) is 0 Å². The molecule has 2 rings (SSSR count). The average molecular weight is 316 g/mol. The number of fused-ring (bicyclic) bond motifs is 1. The van der Waals surface area contributed by atoms with Gasteiger partial charge in [-0.05, 0) is 12.1 Å². The summed E-state index contributed by atoms with van der Waals surface area (Å²) in [6.45, 7) is 0.472. The fourth-order valence-corrected chi connectivity index (χ4v) is 1.26. The second kappa shape index (κ2) is 8.61. The monoisotopic (exact) mass is 314 g/mol. The van der Waals surface area contributed by atoms with Crippen molar-refractivity contribution in [3.05, 3.63) is 35.7 Å². The van der Waals surface area contributed by atoms with E-state index >= 15 is 0 Å². The van der Waals surface area contributed by atoms with E-state index in [1.807, 2.05) is 24.3 Å². The molecule has 2 N–H and O–H groups in total. The van der Waals surface area contributed by atoms with Crippen LogP contribution >= 0.6 is 0 Å². The second-order valence-electron chi connectivity index (χ2n) is 2.82. The Labute approximate surface area is 124 Å². The SMILES string of the molecule is [NH-]CC[NH-].[S-]c1nc2ccccc2nc1[S-].[Zn]. The normalized spacial score (nSPS) is 9.06. The maximum absolute atomic E-state index is 6.26. The van der Waals surface area contributed by atoms with Crippen molar-refractivity contribution < 1.29 is 19.5 Å². The van der Waals surface area contributed by atoms with Crippen molar-refractivity contribution >= 4 is 36.3 Å². The minimum absolute atomic E-state index is 0. The zero-order valence-corrected chi connectivity index (χ0v) is 13.7. The summed E-state index contributed by atoms with van der Waals surface area (Å²) in [7, 11) is 0. The molecular weight excluding hydrogens is 306 g/mol. The number of hydrogen-bond acceptors (Lipinski definition) is 4. The van der Waals surface area contributed by atoms with Gasteiger partial charge >= 0.3 is 0 Å². The summed E-state index contributed by atoms with van der Waals surface area (Å²) < 4.78 is 0. The number of rotatable bonds is 1. The molecule has 0 aliphatic heterocycles. The molecule has 17 heavy (non-hydrogen) atoms. The van der Waals surface area contributed by atoms with Crippen molar-refractivity contribution in [3.63, 3.8) is 0 Å². The molecule has 0 saturated carbocycles. The Balaban J connectivity index is 0.000000453. The fraction of sp³-hybridized carbons (Fsp3) is 0.200. The van der Waals surface area contributed by atoms with E-state index < -0.39 is 0 Å². The number of hydrogen-bond donors (Lipinski definition) is 0. The molecular formula is C10H10N4S2Zn-4. The van der Waals surface area contributed by atoms with Crippen LogP contribution in [0.25, 0.3) is 22.5 Å². The molecule has 0 bridgehead atoms. The van der Waals surface area contributed by atoms with Crippen LogP contribution in [0.5, 0.6) is 0 Å². The first-order valence-electron chi connectivity index (χ1n) is 4.59. The van der Waals surface area contributed by atoms with E-state index in [1.54, 1.807) is 0 Å². The van der Waals surface area contributed by atoms with Gasteiger partial charge in [0.2, 0.25) is 0 Å². The zero-order chi connectivity index (χ0) is 12.0. The van der Waals surface area contributed by atoms with Gasteiger partial charge in [-0.1, -0.05) is 22.2 Å². The van der Waals surface area contributed by atoms with Crippen LogP contribution in [0.15, 0.2) is 34.3 Å². The summed E-state index contributed by atoms with van der Waals surface area (Å²) in [4.78, 5) is 8.25. The topological polar surface area (TPSA) is 73.4 Å². The quantitative estimate of drug-likeness (QED) is 0.598. The van der Waals surface area contributed by atoms with Crippen molar-refractivity contribution in [1.82, 2.24) is 9.97 Å². The van der Waals surface area contributed by atoms with E-state index in [2.05, 4.69) is 9.97 Å². The molecule has 0 aliphatic rings. The third kappa shape index (κ3) is 5.14. The summed E-state index contributed by atoms with van der Waals surface area (Å²) >= 11 is 9.81. The standard InChI is InChI=1S/C8H6N2S2.C2H6N2.Zn/c11-7-8(12)10-6-4-2-1-3-5(6)9-7;3-1-2-4;/h1-4H,(H,9,11)(H,10,12);3-4H,1-2H2;/q;-2;/p-2.